The zero-order chi connectivity index (χ0) is 23.7. The Labute approximate surface area is 208 Å². The normalized spacial score (nSPS) is 16.6. The Morgan fingerprint density at radius 3 is 2.56 bits per heavy atom. The van der Waals surface area contributed by atoms with Gasteiger partial charge in [-0.15, -0.1) is 0 Å². The molecule has 178 valence electrons. The molecule has 34 heavy (non-hydrogen) atoms. The van der Waals surface area contributed by atoms with Gasteiger partial charge in [-0.1, -0.05) is 23.7 Å². The monoisotopic (exact) mass is 497 g/mol. The van der Waals surface area contributed by atoms with E-state index in [2.05, 4.69) is 32.4 Å². The lowest BCUT2D eigenvalue weighted by Gasteiger charge is -2.33. The van der Waals surface area contributed by atoms with Gasteiger partial charge in [0.05, 0.1) is 0 Å². The summed E-state index contributed by atoms with van der Waals surface area (Å²) in [6, 6.07) is 10.00. The van der Waals surface area contributed by atoms with Crippen molar-refractivity contribution in [3.63, 3.8) is 0 Å². The van der Waals surface area contributed by atoms with Crippen LogP contribution in [0.2, 0.25) is 5.02 Å². The molecule has 3 heterocycles. The van der Waals surface area contributed by atoms with Gasteiger partial charge >= 0.3 is 0 Å². The maximum absolute atomic E-state index is 12.1. The van der Waals surface area contributed by atoms with E-state index in [-0.39, 0.29) is 5.92 Å². The number of hydrogen-bond acceptors (Lipinski definition) is 8. The lowest BCUT2D eigenvalue weighted by Crippen LogP contribution is -2.45. The molecule has 1 aliphatic heterocycles. The molecular weight excluding hydrogens is 470 g/mol. The van der Waals surface area contributed by atoms with Crippen molar-refractivity contribution in [3.8, 4) is 0 Å². The molecule has 2 N–H and O–H groups in total. The molecule has 2 aliphatic rings. The van der Waals surface area contributed by atoms with Crippen LogP contribution in [0.25, 0.3) is 0 Å². The number of nitrogens with one attached hydrogen (secondary N) is 2. The van der Waals surface area contributed by atoms with Crippen LogP contribution in [-0.2, 0) is 11.2 Å². The minimum Gasteiger partial charge on any atom is -0.353 e. The molecule has 5 rings (SSSR count). The fourth-order valence-electron chi connectivity index (χ4n) is 3.91. The van der Waals surface area contributed by atoms with Gasteiger partial charge in [0.15, 0.2) is 22.6 Å². The summed E-state index contributed by atoms with van der Waals surface area (Å²) in [4.78, 5) is 27.2. The number of aryl methyl sites for hydroxylation is 1. The summed E-state index contributed by atoms with van der Waals surface area (Å²) < 4.78 is 0. The van der Waals surface area contributed by atoms with Crippen molar-refractivity contribution in [3.05, 3.63) is 46.6 Å². The second-order valence-corrected chi connectivity index (χ2v) is 10.4. The van der Waals surface area contributed by atoms with Crippen molar-refractivity contribution >= 4 is 46.6 Å². The number of aromatic nitrogens is 4. The molecule has 0 spiro atoms. The first-order valence-corrected chi connectivity index (χ1v) is 12.7. The van der Waals surface area contributed by atoms with Crippen molar-refractivity contribution in [2.24, 2.45) is 5.92 Å². The molecule has 3 aromatic rings. The van der Waals surface area contributed by atoms with Crippen molar-refractivity contribution < 1.29 is 4.79 Å². The molecule has 0 unspecified atom stereocenters. The van der Waals surface area contributed by atoms with Crippen LogP contribution < -0.4 is 10.2 Å². The van der Waals surface area contributed by atoms with Crippen molar-refractivity contribution in [2.45, 2.75) is 36.2 Å². The second kappa shape index (κ2) is 9.93. The van der Waals surface area contributed by atoms with E-state index in [0.29, 0.717) is 34.0 Å². The number of halogens is 1. The largest absolute Gasteiger partial charge is 0.353 e. The Morgan fingerprint density at radius 1 is 1.18 bits per heavy atom. The lowest BCUT2D eigenvalue weighted by atomic mass is 10.1. The van der Waals surface area contributed by atoms with Crippen molar-refractivity contribution in [1.29, 1.82) is 0 Å². The van der Waals surface area contributed by atoms with Crippen molar-refractivity contribution in [2.75, 3.05) is 43.4 Å². The van der Waals surface area contributed by atoms with Crippen LogP contribution in [0.15, 0.2) is 40.4 Å². The molecule has 0 radical (unpaired) electrons. The van der Waals surface area contributed by atoms with Gasteiger partial charge in [0, 0.05) is 55.2 Å². The molecule has 1 saturated heterocycles. The van der Waals surface area contributed by atoms with Gasteiger partial charge in [-0.25, -0.2) is 9.97 Å². The van der Waals surface area contributed by atoms with Gasteiger partial charge in [0.25, 0.3) is 0 Å². The fraction of sp³-hybridized carbons (Fsp3) is 0.417. The summed E-state index contributed by atoms with van der Waals surface area (Å²) >= 11 is 8.27. The average molecular weight is 498 g/mol. The number of rotatable bonds is 8. The molecular formula is C24H28ClN7OS. The summed E-state index contributed by atoms with van der Waals surface area (Å²) in [6.07, 6.45) is 2.60. The Kier molecular flexibility index (Phi) is 6.76. The quantitative estimate of drug-likeness (QED) is 0.444. The molecule has 10 heteroatoms. The molecule has 1 saturated carbocycles. The minimum atomic E-state index is 0.286. The molecule has 2 fully saturated rings. The SMILES string of the molecule is Cc1cc(Nc2nc(Sc3ccc(CC(=O)C4CC4)cc3)nc(N3CCN(C)CC3)c2Cl)n[nH]1. The third-order valence-electron chi connectivity index (χ3n) is 6.11. The summed E-state index contributed by atoms with van der Waals surface area (Å²) in [7, 11) is 2.12. The van der Waals surface area contributed by atoms with Crippen LogP contribution in [0.5, 0.6) is 0 Å². The zero-order valence-electron chi connectivity index (χ0n) is 19.3. The van der Waals surface area contributed by atoms with E-state index in [1.165, 1.54) is 11.8 Å². The topological polar surface area (TPSA) is 90.0 Å². The molecule has 1 aliphatic carbocycles. The van der Waals surface area contributed by atoms with Gasteiger partial charge in [-0.05, 0) is 56.3 Å². The van der Waals surface area contributed by atoms with E-state index in [4.69, 9.17) is 21.6 Å². The molecule has 0 atom stereocenters. The van der Waals surface area contributed by atoms with E-state index >= 15 is 0 Å². The number of Topliss-reactive ketones (excluding diaryl/α,β-unsaturated/α-hetero) is 1. The van der Waals surface area contributed by atoms with Crippen LogP contribution >= 0.6 is 23.4 Å². The third-order valence-corrected chi connectivity index (χ3v) is 7.33. The Hall–Kier alpha value is -2.62. The van der Waals surface area contributed by atoms with Gasteiger partial charge in [-0.2, -0.15) is 5.10 Å². The zero-order valence-corrected chi connectivity index (χ0v) is 20.9. The van der Waals surface area contributed by atoms with E-state index in [1.54, 1.807) is 0 Å². The lowest BCUT2D eigenvalue weighted by molar-refractivity contribution is -0.119. The predicted molar refractivity (Wildman–Crippen MR) is 135 cm³/mol. The molecule has 1 aromatic carbocycles. The van der Waals surface area contributed by atoms with Crippen LogP contribution in [0.4, 0.5) is 17.5 Å². The number of ketones is 1. The number of aromatic amines is 1. The number of H-pyrrole nitrogens is 1. The molecule has 2 aromatic heterocycles. The highest BCUT2D eigenvalue weighted by Crippen LogP contribution is 2.36. The fourth-order valence-corrected chi connectivity index (χ4v) is 4.91. The third kappa shape index (κ3) is 5.54. The number of anilines is 3. The highest BCUT2D eigenvalue weighted by Gasteiger charge is 2.29. The highest BCUT2D eigenvalue weighted by molar-refractivity contribution is 7.99. The number of piperazine rings is 1. The number of likely N-dealkylation sites (N-methyl/N-ethyl adjacent to an activating group) is 1. The van der Waals surface area contributed by atoms with Gasteiger partial charge in [0.1, 0.15) is 10.8 Å². The standard InChI is InChI=1S/C24H28ClN7OS/c1-15-13-20(30-29-15)26-22-21(25)23(32-11-9-31(2)10-12-32)28-24(27-22)34-18-7-3-16(4-8-18)14-19(33)17-5-6-17/h3-4,7-8,13,17H,5-6,9-12,14H2,1-2H3,(H2,26,27,28,29,30). The number of hydrogen-bond donors (Lipinski definition) is 2. The number of carbonyl (C=O) groups excluding carboxylic acids is 1. The first-order valence-electron chi connectivity index (χ1n) is 11.5. The Bertz CT molecular complexity index is 1170. The van der Waals surface area contributed by atoms with Gasteiger partial charge < -0.3 is 15.1 Å². The predicted octanol–water partition coefficient (Wildman–Crippen LogP) is 4.33. The number of benzene rings is 1. The van der Waals surface area contributed by atoms with Gasteiger partial charge in [0.2, 0.25) is 0 Å². The Balaban J connectivity index is 1.39. The van der Waals surface area contributed by atoms with Crippen molar-refractivity contribution in [1.82, 2.24) is 25.1 Å². The summed E-state index contributed by atoms with van der Waals surface area (Å²) in [5.74, 6) is 2.55. The number of carbonyl (C=O) groups is 1. The first kappa shape index (κ1) is 23.1. The molecule has 8 nitrogen and oxygen atoms in total. The summed E-state index contributed by atoms with van der Waals surface area (Å²) in [5, 5.41) is 11.5. The first-order chi connectivity index (χ1) is 16.4. The highest BCUT2D eigenvalue weighted by atomic mass is 35.5. The van der Waals surface area contributed by atoms with E-state index < -0.39 is 0 Å². The summed E-state index contributed by atoms with van der Waals surface area (Å²) in [6.45, 7) is 5.54. The maximum Gasteiger partial charge on any atom is 0.196 e. The maximum atomic E-state index is 12.1. The smallest absolute Gasteiger partial charge is 0.196 e. The summed E-state index contributed by atoms with van der Waals surface area (Å²) in [5.41, 5.74) is 1.99. The van der Waals surface area contributed by atoms with Crippen LogP contribution in [0, 0.1) is 12.8 Å². The second-order valence-electron chi connectivity index (χ2n) is 9.01. The van der Waals surface area contributed by atoms with E-state index in [0.717, 1.165) is 61.0 Å². The molecule has 0 amide bonds. The average Bonchev–Trinajstić information content (AvgIpc) is 3.60. The Morgan fingerprint density at radius 2 is 1.91 bits per heavy atom. The molecule has 0 bridgehead atoms. The number of nitrogens with zero attached hydrogens (tertiary/aromatic N) is 5. The minimum absolute atomic E-state index is 0.286. The van der Waals surface area contributed by atoms with Crippen LogP contribution in [-0.4, -0.2) is 64.1 Å². The van der Waals surface area contributed by atoms with Gasteiger partial charge in [-0.3, -0.25) is 9.89 Å². The van der Waals surface area contributed by atoms with Crippen LogP contribution in [0.1, 0.15) is 24.1 Å². The van der Waals surface area contributed by atoms with E-state index in [9.17, 15) is 4.79 Å². The van der Waals surface area contributed by atoms with Crippen LogP contribution in [0.3, 0.4) is 0 Å². The van der Waals surface area contributed by atoms with E-state index in [1.807, 2.05) is 37.3 Å².